The Morgan fingerprint density at radius 3 is 2.20 bits per heavy atom. The highest BCUT2D eigenvalue weighted by molar-refractivity contribution is 7.89. The first-order chi connectivity index (χ1) is 19.9. The molecule has 14 heteroatoms. The number of para-hydroxylation sites is 1. The molecule has 2 saturated heterocycles. The number of aromatic nitrogens is 6. The Kier molecular flexibility index (Phi) is 7.69. The van der Waals surface area contributed by atoms with Gasteiger partial charge in [0.1, 0.15) is 17.1 Å². The van der Waals surface area contributed by atoms with E-state index in [0.717, 1.165) is 22.4 Å². The zero-order chi connectivity index (χ0) is 28.4. The van der Waals surface area contributed by atoms with Gasteiger partial charge < -0.3 is 19.3 Å². The zero-order valence-electron chi connectivity index (χ0n) is 23.2. The van der Waals surface area contributed by atoms with Crippen molar-refractivity contribution in [1.82, 2.24) is 33.8 Å². The fourth-order valence-corrected chi connectivity index (χ4v) is 6.66. The third-order valence-electron chi connectivity index (χ3n) is 7.44. The van der Waals surface area contributed by atoms with E-state index >= 15 is 0 Å². The van der Waals surface area contributed by atoms with E-state index in [1.54, 1.807) is 23.8 Å². The monoisotopic (exact) mass is 579 g/mol. The van der Waals surface area contributed by atoms with Crippen LogP contribution in [0.2, 0.25) is 0 Å². The molecule has 0 saturated carbocycles. The molecule has 0 radical (unpaired) electrons. The van der Waals surface area contributed by atoms with Crippen molar-refractivity contribution >= 4 is 33.0 Å². The number of ether oxygens (including phenoxy) is 2. The number of fused-ring (bicyclic) bond motifs is 1. The van der Waals surface area contributed by atoms with Gasteiger partial charge in [-0.1, -0.05) is 6.07 Å². The minimum atomic E-state index is -3.41. The first kappa shape index (κ1) is 27.3. The lowest BCUT2D eigenvalue weighted by atomic mass is 10.2. The molecule has 13 nitrogen and oxygen atoms in total. The van der Waals surface area contributed by atoms with Crippen molar-refractivity contribution in [2.75, 3.05) is 75.1 Å². The Morgan fingerprint density at radius 1 is 0.854 bits per heavy atom. The zero-order valence-corrected chi connectivity index (χ0v) is 24.0. The second kappa shape index (κ2) is 11.5. The highest BCUT2D eigenvalue weighted by Gasteiger charge is 2.29. The largest absolute Gasteiger partial charge is 0.494 e. The molecular weight excluding hydrogens is 546 g/mol. The quantitative estimate of drug-likeness (QED) is 0.301. The number of rotatable bonds is 8. The number of morpholine rings is 1. The van der Waals surface area contributed by atoms with Crippen LogP contribution in [-0.4, -0.2) is 108 Å². The molecule has 0 aliphatic carbocycles. The van der Waals surface area contributed by atoms with Crippen LogP contribution in [0.3, 0.4) is 0 Å². The van der Waals surface area contributed by atoms with E-state index < -0.39 is 10.0 Å². The molecule has 0 spiro atoms. The fraction of sp³-hybridized carbons (Fsp3) is 0.444. The van der Waals surface area contributed by atoms with Crippen molar-refractivity contribution in [3.63, 3.8) is 0 Å². The van der Waals surface area contributed by atoms with Gasteiger partial charge >= 0.3 is 0 Å². The molecule has 6 rings (SSSR count). The molecule has 0 bridgehead atoms. The summed E-state index contributed by atoms with van der Waals surface area (Å²) < 4.78 is 40.8. The van der Waals surface area contributed by atoms with Gasteiger partial charge in [0.2, 0.25) is 27.9 Å². The number of hydrogen-bond donors (Lipinski definition) is 0. The number of benzene rings is 1. The molecule has 2 fully saturated rings. The predicted octanol–water partition coefficient (Wildman–Crippen LogP) is 1.45. The second-order valence-corrected chi connectivity index (χ2v) is 12.1. The lowest BCUT2D eigenvalue weighted by molar-refractivity contribution is 0.122. The van der Waals surface area contributed by atoms with Crippen LogP contribution in [0, 0.1) is 6.92 Å². The van der Waals surface area contributed by atoms with Crippen molar-refractivity contribution < 1.29 is 17.9 Å². The smallest absolute Gasteiger partial charge is 0.242 e. The molecule has 2 aliphatic heterocycles. The molecule has 2 aliphatic rings. The molecule has 216 valence electrons. The summed E-state index contributed by atoms with van der Waals surface area (Å²) in [5.74, 6) is 2.98. The Bertz CT molecular complexity index is 1620. The lowest BCUT2D eigenvalue weighted by Gasteiger charge is -2.34. The van der Waals surface area contributed by atoms with E-state index in [1.165, 1.54) is 0 Å². The van der Waals surface area contributed by atoms with Gasteiger partial charge in [-0.3, -0.25) is 9.55 Å². The lowest BCUT2D eigenvalue weighted by Crippen LogP contribution is -2.50. The molecule has 5 heterocycles. The van der Waals surface area contributed by atoms with E-state index in [0.29, 0.717) is 82.5 Å². The molecule has 4 aromatic rings. The second-order valence-electron chi connectivity index (χ2n) is 9.96. The fourth-order valence-electron chi connectivity index (χ4n) is 5.19. The number of methoxy groups -OCH3 is 1. The van der Waals surface area contributed by atoms with Gasteiger partial charge in [0.05, 0.1) is 31.6 Å². The summed E-state index contributed by atoms with van der Waals surface area (Å²) in [5, 5.41) is 0. The number of nitrogens with zero attached hydrogens (tertiary/aromatic N) is 9. The maximum atomic E-state index is 13.1. The molecule has 0 amide bonds. The van der Waals surface area contributed by atoms with Crippen LogP contribution in [-0.2, 0) is 21.2 Å². The van der Waals surface area contributed by atoms with Crippen LogP contribution >= 0.6 is 0 Å². The molecule has 3 aromatic heterocycles. The summed E-state index contributed by atoms with van der Waals surface area (Å²) >= 11 is 0. The molecule has 0 atom stereocenters. The number of anilines is 2. The molecule has 0 unspecified atom stereocenters. The maximum Gasteiger partial charge on any atom is 0.242 e. The highest BCUT2D eigenvalue weighted by atomic mass is 32.2. The summed E-state index contributed by atoms with van der Waals surface area (Å²) in [6.07, 6.45) is 3.81. The van der Waals surface area contributed by atoms with Crippen LogP contribution in [0.25, 0.3) is 17.0 Å². The summed E-state index contributed by atoms with van der Waals surface area (Å²) in [4.78, 5) is 27.4. The number of piperazine rings is 1. The molecule has 41 heavy (non-hydrogen) atoms. The third kappa shape index (κ3) is 5.67. The van der Waals surface area contributed by atoms with Crippen molar-refractivity contribution in [2.24, 2.45) is 0 Å². The van der Waals surface area contributed by atoms with E-state index in [1.807, 2.05) is 46.7 Å². The third-order valence-corrected chi connectivity index (χ3v) is 9.31. The van der Waals surface area contributed by atoms with Gasteiger partial charge in [-0.2, -0.15) is 19.3 Å². The average molecular weight is 580 g/mol. The number of pyridine rings is 1. The van der Waals surface area contributed by atoms with Crippen LogP contribution in [0.15, 0.2) is 42.7 Å². The highest BCUT2D eigenvalue weighted by Crippen LogP contribution is 2.28. The van der Waals surface area contributed by atoms with E-state index in [4.69, 9.17) is 29.4 Å². The topological polar surface area (TPSA) is 132 Å². The van der Waals surface area contributed by atoms with Gasteiger partial charge in [0.25, 0.3) is 0 Å². The van der Waals surface area contributed by atoms with Gasteiger partial charge in [0.15, 0.2) is 0 Å². The van der Waals surface area contributed by atoms with E-state index in [9.17, 15) is 8.42 Å². The van der Waals surface area contributed by atoms with Crippen molar-refractivity contribution in [2.45, 2.75) is 13.3 Å². The summed E-state index contributed by atoms with van der Waals surface area (Å²) in [6, 6.07) is 9.45. The number of sulfonamides is 1. The normalized spacial score (nSPS) is 16.8. The SMILES string of the molecule is COc1cccc2c1nc(C)n2-c1nc(N2CCOCC2)nc(N2CCN(S(=O)(=O)CCc3ccncc3)CC2)n1. The maximum absolute atomic E-state index is 13.1. The van der Waals surface area contributed by atoms with Crippen LogP contribution in [0.5, 0.6) is 5.75 Å². The first-order valence-electron chi connectivity index (χ1n) is 13.7. The Labute approximate surface area is 238 Å². The number of aryl methyl sites for hydroxylation is 2. The van der Waals surface area contributed by atoms with Crippen molar-refractivity contribution in [1.29, 1.82) is 0 Å². The van der Waals surface area contributed by atoms with Crippen molar-refractivity contribution in [3.05, 3.63) is 54.1 Å². The summed E-state index contributed by atoms with van der Waals surface area (Å²) in [5.41, 5.74) is 2.51. The van der Waals surface area contributed by atoms with Crippen LogP contribution in [0.1, 0.15) is 11.4 Å². The van der Waals surface area contributed by atoms with Gasteiger partial charge in [-0.05, 0) is 43.2 Å². The molecular formula is C27H33N9O4S. The summed E-state index contributed by atoms with van der Waals surface area (Å²) in [6.45, 7) is 6.09. The minimum Gasteiger partial charge on any atom is -0.494 e. The van der Waals surface area contributed by atoms with Gasteiger partial charge in [-0.25, -0.2) is 13.4 Å². The molecule has 0 N–H and O–H groups in total. The Morgan fingerprint density at radius 2 is 1.51 bits per heavy atom. The van der Waals surface area contributed by atoms with Crippen LogP contribution in [0.4, 0.5) is 11.9 Å². The minimum absolute atomic E-state index is 0.0601. The number of hydrogen-bond acceptors (Lipinski definition) is 11. The van der Waals surface area contributed by atoms with Gasteiger partial charge in [0, 0.05) is 51.7 Å². The summed E-state index contributed by atoms with van der Waals surface area (Å²) in [7, 11) is -1.78. The van der Waals surface area contributed by atoms with Crippen molar-refractivity contribution in [3.8, 4) is 11.7 Å². The average Bonchev–Trinajstić information content (AvgIpc) is 3.36. The van der Waals surface area contributed by atoms with E-state index in [2.05, 4.69) is 9.88 Å². The Balaban J connectivity index is 1.27. The number of imidazole rings is 1. The predicted molar refractivity (Wildman–Crippen MR) is 154 cm³/mol. The van der Waals surface area contributed by atoms with Crippen LogP contribution < -0.4 is 14.5 Å². The standard InChI is InChI=1S/C27H33N9O4S/c1-20-29-24-22(4-3-5-23(24)39-2)36(20)27-31-25(30-26(32-27)34-15-17-40-18-16-34)33-11-13-35(14-12-33)41(37,38)19-8-21-6-9-28-10-7-21/h3-7,9-10H,8,11-19H2,1-2H3. The Hall–Kier alpha value is -3.88. The first-order valence-corrected chi connectivity index (χ1v) is 15.3. The van der Waals surface area contributed by atoms with Gasteiger partial charge in [-0.15, -0.1) is 0 Å². The van der Waals surface area contributed by atoms with E-state index in [-0.39, 0.29) is 5.75 Å². The molecule has 1 aromatic carbocycles.